The lowest BCUT2D eigenvalue weighted by atomic mass is 9.93. The Morgan fingerprint density at radius 2 is 2.21 bits per heavy atom. The number of halogens is 1. The van der Waals surface area contributed by atoms with Crippen molar-refractivity contribution in [2.75, 3.05) is 18.0 Å². The van der Waals surface area contributed by atoms with Crippen molar-refractivity contribution < 1.29 is 14.3 Å². The predicted octanol–water partition coefficient (Wildman–Crippen LogP) is 2.01. The van der Waals surface area contributed by atoms with Gasteiger partial charge in [0.2, 0.25) is 10.6 Å². The molecule has 1 aliphatic rings. The maximum atomic E-state index is 14.8. The third-order valence-electron chi connectivity index (χ3n) is 4.97. The van der Waals surface area contributed by atoms with Gasteiger partial charge in [0.25, 0.3) is 0 Å². The summed E-state index contributed by atoms with van der Waals surface area (Å²) in [7, 11) is 0. The van der Waals surface area contributed by atoms with Gasteiger partial charge in [-0.3, -0.25) is 9.36 Å². The molecule has 0 aromatic carbocycles. The van der Waals surface area contributed by atoms with E-state index in [1.54, 1.807) is 4.90 Å². The van der Waals surface area contributed by atoms with Gasteiger partial charge in [0.15, 0.2) is 17.3 Å². The Hall–Kier alpha value is -3.60. The molecule has 0 amide bonds. The molecule has 0 spiro atoms. The van der Waals surface area contributed by atoms with Crippen LogP contribution in [0.15, 0.2) is 41.8 Å². The first-order valence-electron chi connectivity index (χ1n) is 8.67. The van der Waals surface area contributed by atoms with Crippen LogP contribution in [0.25, 0.3) is 16.2 Å². The molecule has 0 aliphatic carbocycles. The number of pyridine rings is 2. The van der Waals surface area contributed by atoms with Crippen molar-refractivity contribution in [1.82, 2.24) is 23.9 Å². The van der Waals surface area contributed by atoms with E-state index in [0.29, 0.717) is 18.2 Å². The second-order valence-corrected chi connectivity index (χ2v) is 7.44. The van der Waals surface area contributed by atoms with Gasteiger partial charge in [-0.1, -0.05) is 0 Å². The fraction of sp³-hybridized carbons (Fsp3) is 0.167. The molecule has 0 unspecified atom stereocenters. The summed E-state index contributed by atoms with van der Waals surface area (Å²) < 4.78 is 20.1. The molecule has 1 fully saturated rings. The number of hydrogen-bond donors (Lipinski definition) is 2. The van der Waals surface area contributed by atoms with Crippen molar-refractivity contribution in [2.24, 2.45) is 0 Å². The van der Waals surface area contributed by atoms with E-state index >= 15 is 0 Å². The van der Waals surface area contributed by atoms with Crippen LogP contribution < -0.4 is 10.3 Å². The molecule has 4 aromatic heterocycles. The third-order valence-corrected chi connectivity index (χ3v) is 5.64. The lowest BCUT2D eigenvalue weighted by Gasteiger charge is -2.40. The summed E-state index contributed by atoms with van der Waals surface area (Å²) in [5.74, 6) is -1.70. The van der Waals surface area contributed by atoms with Crippen LogP contribution in [0.2, 0.25) is 0 Å². The zero-order chi connectivity index (χ0) is 20.1. The van der Waals surface area contributed by atoms with Crippen LogP contribution in [0.3, 0.4) is 0 Å². The van der Waals surface area contributed by atoms with Gasteiger partial charge in [0.05, 0.1) is 5.39 Å². The average Bonchev–Trinajstić information content (AvgIpc) is 3.35. The molecule has 1 saturated heterocycles. The molecule has 146 valence electrons. The number of aromatic amines is 1. The fourth-order valence-corrected chi connectivity index (χ4v) is 3.97. The predicted molar refractivity (Wildman–Crippen MR) is 103 cm³/mol. The summed E-state index contributed by atoms with van der Waals surface area (Å²) >= 11 is 1.01. The molecule has 4 aromatic rings. The van der Waals surface area contributed by atoms with Crippen LogP contribution in [0, 0.1) is 5.82 Å². The minimum absolute atomic E-state index is 0.116. The molecule has 2 N–H and O–H groups in total. The van der Waals surface area contributed by atoms with Gasteiger partial charge in [-0.2, -0.15) is 4.37 Å². The summed E-state index contributed by atoms with van der Waals surface area (Å²) in [6.45, 7) is 1.17. The van der Waals surface area contributed by atoms with Crippen LogP contribution in [0.5, 0.6) is 0 Å². The van der Waals surface area contributed by atoms with Crippen molar-refractivity contribution in [2.45, 2.75) is 5.92 Å². The van der Waals surface area contributed by atoms with Crippen LogP contribution in [0.4, 0.5) is 10.2 Å². The van der Waals surface area contributed by atoms with Gasteiger partial charge in [-0.25, -0.2) is 19.2 Å². The summed E-state index contributed by atoms with van der Waals surface area (Å²) in [5.41, 5.74) is -0.00398. The molecule has 29 heavy (non-hydrogen) atoms. The molecule has 9 nitrogen and oxygen atoms in total. The van der Waals surface area contributed by atoms with Gasteiger partial charge in [0.1, 0.15) is 11.9 Å². The van der Waals surface area contributed by atoms with E-state index in [9.17, 15) is 19.1 Å². The zero-order valence-electron chi connectivity index (χ0n) is 14.7. The maximum absolute atomic E-state index is 14.8. The SMILES string of the molecule is O=C(O)c1cn(-c2ncns2)c2nc(N3CC(c4cc[nH]c4)C3)c(F)cc2c1=O. The fourth-order valence-electron chi connectivity index (χ4n) is 3.46. The van der Waals surface area contributed by atoms with Gasteiger partial charge in [-0.05, 0) is 17.7 Å². The molecule has 0 atom stereocenters. The Bertz CT molecular complexity index is 1280. The first kappa shape index (κ1) is 17.5. The molecule has 0 saturated carbocycles. The van der Waals surface area contributed by atoms with Crippen molar-refractivity contribution in [3.63, 3.8) is 0 Å². The van der Waals surface area contributed by atoms with Crippen molar-refractivity contribution in [3.8, 4) is 5.13 Å². The smallest absolute Gasteiger partial charge is 0.341 e. The number of nitrogens with one attached hydrogen (secondary N) is 1. The number of carboxylic acids is 1. The van der Waals surface area contributed by atoms with E-state index in [4.69, 9.17) is 0 Å². The molecule has 1 aliphatic heterocycles. The highest BCUT2D eigenvalue weighted by Gasteiger charge is 2.32. The molecule has 5 rings (SSSR count). The lowest BCUT2D eigenvalue weighted by Crippen LogP contribution is -2.46. The van der Waals surface area contributed by atoms with Gasteiger partial charge in [0, 0.05) is 49.1 Å². The lowest BCUT2D eigenvalue weighted by molar-refractivity contribution is 0.0695. The Kier molecular flexibility index (Phi) is 3.91. The Morgan fingerprint density at radius 1 is 1.38 bits per heavy atom. The highest BCUT2D eigenvalue weighted by molar-refractivity contribution is 7.08. The highest BCUT2D eigenvalue weighted by Crippen LogP contribution is 2.33. The second kappa shape index (κ2) is 6.48. The number of anilines is 1. The summed E-state index contributed by atoms with van der Waals surface area (Å²) in [6.07, 6.45) is 6.22. The maximum Gasteiger partial charge on any atom is 0.341 e. The Balaban J connectivity index is 1.64. The van der Waals surface area contributed by atoms with Crippen LogP contribution in [0.1, 0.15) is 21.8 Å². The number of aromatic carboxylic acids is 1. The molecule has 5 heterocycles. The third kappa shape index (κ3) is 2.78. The van der Waals surface area contributed by atoms with E-state index in [-0.39, 0.29) is 22.8 Å². The molecular formula is C18H13FN6O3S. The Morgan fingerprint density at radius 3 is 2.86 bits per heavy atom. The topological polar surface area (TPSA) is 117 Å². The van der Waals surface area contributed by atoms with Crippen molar-refractivity contribution in [3.05, 3.63) is 64.2 Å². The number of fused-ring (bicyclic) bond motifs is 1. The Labute approximate surface area is 166 Å². The first-order chi connectivity index (χ1) is 14.0. The minimum atomic E-state index is -1.41. The minimum Gasteiger partial charge on any atom is -0.477 e. The molecule has 11 heteroatoms. The summed E-state index contributed by atoms with van der Waals surface area (Å²) in [4.78, 5) is 37.3. The van der Waals surface area contributed by atoms with Crippen LogP contribution >= 0.6 is 11.5 Å². The largest absolute Gasteiger partial charge is 0.477 e. The quantitative estimate of drug-likeness (QED) is 0.526. The number of aromatic nitrogens is 5. The van der Waals surface area contributed by atoms with E-state index in [1.165, 1.54) is 10.9 Å². The van der Waals surface area contributed by atoms with Gasteiger partial charge >= 0.3 is 5.97 Å². The zero-order valence-corrected chi connectivity index (χ0v) is 15.6. The van der Waals surface area contributed by atoms with Gasteiger partial charge < -0.3 is 15.0 Å². The van der Waals surface area contributed by atoms with E-state index < -0.39 is 22.8 Å². The normalized spacial score (nSPS) is 14.3. The number of H-pyrrole nitrogens is 1. The number of hydrogen-bond acceptors (Lipinski definition) is 7. The standard InChI is InChI=1S/C18H13FN6O3S/c19-13-3-11-14(26)12(17(27)28)7-25(18-21-8-22-29-18)15(11)23-16(13)24-5-10(6-24)9-1-2-20-4-9/h1-4,7-8,10,20H,5-6H2,(H,27,28). The molecule has 0 bridgehead atoms. The van der Waals surface area contributed by atoms with E-state index in [0.717, 1.165) is 29.4 Å². The number of carbonyl (C=O) groups is 1. The summed E-state index contributed by atoms with van der Waals surface area (Å²) in [6, 6.07) is 3.03. The molecule has 0 radical (unpaired) electrons. The summed E-state index contributed by atoms with van der Waals surface area (Å²) in [5, 5.41) is 9.56. The van der Waals surface area contributed by atoms with Crippen LogP contribution in [-0.2, 0) is 0 Å². The van der Waals surface area contributed by atoms with Crippen LogP contribution in [-0.4, -0.2) is 48.1 Å². The second-order valence-electron chi connectivity index (χ2n) is 6.68. The number of rotatable bonds is 4. The van der Waals surface area contributed by atoms with E-state index in [1.807, 2.05) is 18.5 Å². The monoisotopic (exact) mass is 412 g/mol. The first-order valence-corrected chi connectivity index (χ1v) is 9.44. The number of carboxylic acid groups (broad SMARTS) is 1. The number of nitrogens with zero attached hydrogens (tertiary/aromatic N) is 5. The highest BCUT2D eigenvalue weighted by atomic mass is 32.1. The van der Waals surface area contributed by atoms with Crippen molar-refractivity contribution in [1.29, 1.82) is 0 Å². The molecular weight excluding hydrogens is 399 g/mol. The van der Waals surface area contributed by atoms with Crippen molar-refractivity contribution >= 4 is 34.4 Å². The average molecular weight is 412 g/mol. The van der Waals surface area contributed by atoms with E-state index in [2.05, 4.69) is 19.3 Å². The van der Waals surface area contributed by atoms with Gasteiger partial charge in [-0.15, -0.1) is 0 Å².